The van der Waals surface area contributed by atoms with E-state index in [9.17, 15) is 4.79 Å². The molecule has 0 bridgehead atoms. The molecule has 19 heavy (non-hydrogen) atoms. The predicted octanol–water partition coefficient (Wildman–Crippen LogP) is 2.08. The maximum absolute atomic E-state index is 12.0. The Morgan fingerprint density at radius 2 is 1.95 bits per heavy atom. The molecular formula is C15H17N3O. The minimum atomic E-state index is -0.0749. The van der Waals surface area contributed by atoms with E-state index in [4.69, 9.17) is 0 Å². The van der Waals surface area contributed by atoms with E-state index < -0.39 is 0 Å². The average molecular weight is 255 g/mol. The van der Waals surface area contributed by atoms with Crippen LogP contribution in [-0.4, -0.2) is 25.0 Å². The van der Waals surface area contributed by atoms with Crippen molar-refractivity contribution in [1.29, 1.82) is 0 Å². The summed E-state index contributed by atoms with van der Waals surface area (Å²) in [6.45, 7) is 0.488. The van der Waals surface area contributed by atoms with E-state index >= 15 is 0 Å². The number of aromatic nitrogens is 1. The number of hydrogen-bond donors (Lipinski definition) is 1. The number of benzene rings is 1. The van der Waals surface area contributed by atoms with Crippen LogP contribution in [0.2, 0.25) is 0 Å². The molecule has 1 heterocycles. The fraction of sp³-hybridized carbons (Fsp3) is 0.200. The smallest absolute Gasteiger partial charge is 0.251 e. The van der Waals surface area contributed by atoms with Crippen LogP contribution in [0.25, 0.3) is 0 Å². The molecule has 98 valence electrons. The summed E-state index contributed by atoms with van der Waals surface area (Å²) in [5.74, 6) is -0.0749. The van der Waals surface area contributed by atoms with E-state index in [2.05, 4.69) is 10.3 Å². The maximum atomic E-state index is 12.0. The fourth-order valence-electron chi connectivity index (χ4n) is 1.70. The Morgan fingerprint density at radius 3 is 2.53 bits per heavy atom. The number of carbonyl (C=O) groups excluding carboxylic acids is 1. The summed E-state index contributed by atoms with van der Waals surface area (Å²) >= 11 is 0. The maximum Gasteiger partial charge on any atom is 0.251 e. The quantitative estimate of drug-likeness (QED) is 0.909. The topological polar surface area (TPSA) is 45.2 Å². The van der Waals surface area contributed by atoms with Crippen LogP contribution < -0.4 is 10.2 Å². The van der Waals surface area contributed by atoms with Crippen molar-refractivity contribution >= 4 is 11.6 Å². The van der Waals surface area contributed by atoms with Crippen LogP contribution in [0.15, 0.2) is 48.8 Å². The van der Waals surface area contributed by atoms with E-state index in [0.717, 1.165) is 11.3 Å². The van der Waals surface area contributed by atoms with Crippen LogP contribution >= 0.6 is 0 Å². The van der Waals surface area contributed by atoms with Crippen molar-refractivity contribution in [3.8, 4) is 0 Å². The van der Waals surface area contributed by atoms with Gasteiger partial charge < -0.3 is 10.2 Å². The molecule has 2 rings (SSSR count). The van der Waals surface area contributed by atoms with E-state index in [1.807, 2.05) is 55.4 Å². The lowest BCUT2D eigenvalue weighted by molar-refractivity contribution is 0.0951. The van der Waals surface area contributed by atoms with E-state index in [-0.39, 0.29) is 5.91 Å². The average Bonchev–Trinajstić information content (AvgIpc) is 2.46. The summed E-state index contributed by atoms with van der Waals surface area (Å²) in [6.07, 6.45) is 3.46. The Kier molecular flexibility index (Phi) is 4.13. The molecule has 2 aromatic rings. The van der Waals surface area contributed by atoms with Crippen molar-refractivity contribution < 1.29 is 4.79 Å². The Morgan fingerprint density at radius 1 is 1.21 bits per heavy atom. The van der Waals surface area contributed by atoms with Crippen LogP contribution in [0, 0.1) is 0 Å². The first-order valence-electron chi connectivity index (χ1n) is 6.11. The van der Waals surface area contributed by atoms with Gasteiger partial charge in [-0.25, -0.2) is 0 Å². The van der Waals surface area contributed by atoms with Crippen molar-refractivity contribution in [3.63, 3.8) is 0 Å². The van der Waals surface area contributed by atoms with E-state index in [0.29, 0.717) is 12.1 Å². The zero-order chi connectivity index (χ0) is 13.7. The summed E-state index contributed by atoms with van der Waals surface area (Å²) < 4.78 is 0. The van der Waals surface area contributed by atoms with Crippen molar-refractivity contribution in [3.05, 3.63) is 59.9 Å². The molecule has 1 amide bonds. The van der Waals surface area contributed by atoms with Gasteiger partial charge in [0.15, 0.2) is 0 Å². The van der Waals surface area contributed by atoms with Crippen LogP contribution in [-0.2, 0) is 6.54 Å². The minimum Gasteiger partial charge on any atom is -0.378 e. The van der Waals surface area contributed by atoms with Crippen molar-refractivity contribution in [2.45, 2.75) is 6.54 Å². The molecule has 0 aliphatic rings. The van der Waals surface area contributed by atoms with Gasteiger partial charge in [0.25, 0.3) is 5.91 Å². The molecule has 0 spiro atoms. The van der Waals surface area contributed by atoms with Gasteiger partial charge in [-0.1, -0.05) is 6.07 Å². The largest absolute Gasteiger partial charge is 0.378 e. The van der Waals surface area contributed by atoms with Crippen LogP contribution in [0.4, 0.5) is 5.69 Å². The first-order valence-corrected chi connectivity index (χ1v) is 6.11. The van der Waals surface area contributed by atoms with Crippen molar-refractivity contribution in [1.82, 2.24) is 10.3 Å². The number of nitrogens with zero attached hydrogens (tertiary/aromatic N) is 2. The zero-order valence-corrected chi connectivity index (χ0v) is 11.1. The highest BCUT2D eigenvalue weighted by Gasteiger charge is 2.05. The molecule has 1 aromatic heterocycles. The molecule has 0 atom stereocenters. The fourth-order valence-corrected chi connectivity index (χ4v) is 1.70. The number of rotatable bonds is 4. The first-order chi connectivity index (χ1) is 9.16. The number of carbonyl (C=O) groups is 1. The van der Waals surface area contributed by atoms with Gasteiger partial charge >= 0.3 is 0 Å². The third kappa shape index (κ3) is 3.55. The Labute approximate surface area is 113 Å². The van der Waals surface area contributed by atoms with Crippen molar-refractivity contribution in [2.75, 3.05) is 19.0 Å². The number of anilines is 1. The molecule has 0 radical (unpaired) electrons. The molecule has 0 fully saturated rings. The standard InChI is InChI=1S/C15H17N3O/c1-18(2)14-7-5-13(6-8-14)15(19)17-11-12-4-3-9-16-10-12/h3-10H,11H2,1-2H3,(H,17,19). The summed E-state index contributed by atoms with van der Waals surface area (Å²) in [6, 6.07) is 11.3. The second-order valence-corrected chi connectivity index (χ2v) is 4.49. The van der Waals surface area contributed by atoms with Crippen LogP contribution in [0.5, 0.6) is 0 Å². The second-order valence-electron chi connectivity index (χ2n) is 4.49. The second kappa shape index (κ2) is 6.00. The lowest BCUT2D eigenvalue weighted by Gasteiger charge is -2.12. The van der Waals surface area contributed by atoms with Gasteiger partial charge in [-0.3, -0.25) is 9.78 Å². The van der Waals surface area contributed by atoms with Gasteiger partial charge in [-0.2, -0.15) is 0 Å². The highest BCUT2D eigenvalue weighted by Crippen LogP contribution is 2.12. The SMILES string of the molecule is CN(C)c1ccc(C(=O)NCc2cccnc2)cc1. The van der Waals surface area contributed by atoms with Gasteiger partial charge in [0.05, 0.1) is 0 Å². The highest BCUT2D eigenvalue weighted by molar-refractivity contribution is 5.94. The Balaban J connectivity index is 1.96. The lowest BCUT2D eigenvalue weighted by atomic mass is 10.2. The number of hydrogen-bond acceptors (Lipinski definition) is 3. The molecule has 0 saturated carbocycles. The van der Waals surface area contributed by atoms with Gasteiger partial charge in [0, 0.05) is 44.3 Å². The number of nitrogens with one attached hydrogen (secondary N) is 1. The molecular weight excluding hydrogens is 238 g/mol. The summed E-state index contributed by atoms with van der Waals surface area (Å²) in [5, 5.41) is 2.87. The van der Waals surface area contributed by atoms with Crippen molar-refractivity contribution in [2.24, 2.45) is 0 Å². The van der Waals surface area contributed by atoms with E-state index in [1.54, 1.807) is 12.4 Å². The van der Waals surface area contributed by atoms with Gasteiger partial charge in [0.1, 0.15) is 0 Å². The van der Waals surface area contributed by atoms with E-state index in [1.165, 1.54) is 0 Å². The minimum absolute atomic E-state index is 0.0749. The lowest BCUT2D eigenvalue weighted by Crippen LogP contribution is -2.22. The Bertz CT molecular complexity index is 535. The zero-order valence-electron chi connectivity index (χ0n) is 11.1. The van der Waals surface area contributed by atoms with Crippen LogP contribution in [0.1, 0.15) is 15.9 Å². The Hall–Kier alpha value is -2.36. The third-order valence-corrected chi connectivity index (χ3v) is 2.82. The van der Waals surface area contributed by atoms with Gasteiger partial charge in [0.2, 0.25) is 0 Å². The molecule has 0 aliphatic carbocycles. The summed E-state index contributed by atoms with van der Waals surface area (Å²) in [4.78, 5) is 18.0. The summed E-state index contributed by atoms with van der Waals surface area (Å²) in [5.41, 5.74) is 2.72. The van der Waals surface area contributed by atoms with Gasteiger partial charge in [-0.15, -0.1) is 0 Å². The molecule has 1 N–H and O–H groups in total. The monoisotopic (exact) mass is 255 g/mol. The highest BCUT2D eigenvalue weighted by atomic mass is 16.1. The first kappa shape index (κ1) is 13.1. The molecule has 1 aromatic carbocycles. The number of amides is 1. The number of pyridine rings is 1. The molecule has 0 unspecified atom stereocenters. The molecule has 0 aliphatic heterocycles. The van der Waals surface area contributed by atoms with Gasteiger partial charge in [-0.05, 0) is 35.9 Å². The van der Waals surface area contributed by atoms with Crippen LogP contribution in [0.3, 0.4) is 0 Å². The molecule has 4 heteroatoms. The normalized spacial score (nSPS) is 10.0. The third-order valence-electron chi connectivity index (χ3n) is 2.82. The summed E-state index contributed by atoms with van der Waals surface area (Å²) in [7, 11) is 3.94. The molecule has 4 nitrogen and oxygen atoms in total. The molecule has 0 saturated heterocycles. The predicted molar refractivity (Wildman–Crippen MR) is 76.2 cm³/mol.